The lowest BCUT2D eigenvalue weighted by Crippen LogP contribution is -2.44. The molecule has 1 saturated carbocycles. The van der Waals surface area contributed by atoms with E-state index in [9.17, 15) is 4.79 Å². The average Bonchev–Trinajstić information content (AvgIpc) is 2.28. The molecule has 4 nitrogen and oxygen atoms in total. The molecule has 19 heavy (non-hydrogen) atoms. The van der Waals surface area contributed by atoms with Crippen molar-refractivity contribution in [1.82, 2.24) is 5.32 Å². The number of ether oxygens (including phenoxy) is 1. The van der Waals surface area contributed by atoms with Crippen LogP contribution in [0.15, 0.2) is 0 Å². The van der Waals surface area contributed by atoms with Crippen molar-refractivity contribution < 1.29 is 9.53 Å². The first-order valence-electron chi connectivity index (χ1n) is 7.44. The SMILES string of the molecule is CC(C)(C)OC(=O)NCC(CN)C1(C)CCCCC1. The molecule has 3 N–H and O–H groups in total. The van der Waals surface area contributed by atoms with E-state index >= 15 is 0 Å². The first-order valence-corrected chi connectivity index (χ1v) is 7.44. The van der Waals surface area contributed by atoms with Crippen LogP contribution >= 0.6 is 0 Å². The number of hydrogen-bond donors (Lipinski definition) is 2. The normalized spacial score (nSPS) is 20.7. The lowest BCUT2D eigenvalue weighted by molar-refractivity contribution is 0.0484. The molecular formula is C15H30N2O2. The van der Waals surface area contributed by atoms with Gasteiger partial charge in [0.1, 0.15) is 5.60 Å². The fraction of sp³-hybridized carbons (Fsp3) is 0.933. The highest BCUT2D eigenvalue weighted by Crippen LogP contribution is 2.41. The van der Waals surface area contributed by atoms with Gasteiger partial charge < -0.3 is 15.8 Å². The molecule has 0 radical (unpaired) electrons. The molecule has 112 valence electrons. The summed E-state index contributed by atoms with van der Waals surface area (Å²) in [5, 5.41) is 2.87. The number of rotatable bonds is 4. The van der Waals surface area contributed by atoms with Gasteiger partial charge in [0.2, 0.25) is 0 Å². The zero-order valence-electron chi connectivity index (χ0n) is 12.9. The van der Waals surface area contributed by atoms with E-state index in [2.05, 4.69) is 12.2 Å². The van der Waals surface area contributed by atoms with Crippen molar-refractivity contribution in [2.45, 2.75) is 65.4 Å². The van der Waals surface area contributed by atoms with Crippen LogP contribution in [0.25, 0.3) is 0 Å². The lowest BCUT2D eigenvalue weighted by Gasteiger charge is -2.40. The molecule has 1 atom stereocenters. The highest BCUT2D eigenvalue weighted by Gasteiger charge is 2.34. The van der Waals surface area contributed by atoms with Crippen LogP contribution in [0.3, 0.4) is 0 Å². The molecule has 0 saturated heterocycles. The number of carbonyl (C=O) groups excluding carboxylic acids is 1. The van der Waals surface area contributed by atoms with E-state index in [4.69, 9.17) is 10.5 Å². The molecule has 0 aromatic heterocycles. The Morgan fingerprint density at radius 1 is 1.32 bits per heavy atom. The van der Waals surface area contributed by atoms with Crippen LogP contribution in [0, 0.1) is 11.3 Å². The summed E-state index contributed by atoms with van der Waals surface area (Å²) in [6, 6.07) is 0. The van der Waals surface area contributed by atoms with Gasteiger partial charge >= 0.3 is 6.09 Å². The summed E-state index contributed by atoms with van der Waals surface area (Å²) >= 11 is 0. The number of alkyl carbamates (subject to hydrolysis) is 1. The summed E-state index contributed by atoms with van der Waals surface area (Å²) < 4.78 is 5.26. The third-order valence-electron chi connectivity index (χ3n) is 4.16. The molecule has 4 heteroatoms. The van der Waals surface area contributed by atoms with Gasteiger partial charge in [0, 0.05) is 6.54 Å². The van der Waals surface area contributed by atoms with E-state index in [1.807, 2.05) is 20.8 Å². The molecule has 1 rings (SSSR count). The Labute approximate surface area is 117 Å². The quantitative estimate of drug-likeness (QED) is 0.825. The van der Waals surface area contributed by atoms with Crippen molar-refractivity contribution >= 4 is 6.09 Å². The van der Waals surface area contributed by atoms with Crippen LogP contribution < -0.4 is 11.1 Å². The van der Waals surface area contributed by atoms with Gasteiger partial charge in [0.05, 0.1) is 0 Å². The second-order valence-corrected chi connectivity index (χ2v) is 7.03. The molecule has 0 aliphatic heterocycles. The number of carbonyl (C=O) groups is 1. The molecule has 0 spiro atoms. The highest BCUT2D eigenvalue weighted by molar-refractivity contribution is 5.67. The molecule has 1 aliphatic carbocycles. The lowest BCUT2D eigenvalue weighted by atomic mass is 9.67. The first-order chi connectivity index (χ1) is 8.77. The topological polar surface area (TPSA) is 64.3 Å². The largest absolute Gasteiger partial charge is 0.444 e. The molecule has 1 unspecified atom stereocenters. The standard InChI is InChI=1S/C15H30N2O2/c1-14(2,3)19-13(18)17-11-12(10-16)15(4)8-6-5-7-9-15/h12H,5-11,16H2,1-4H3,(H,17,18). The van der Waals surface area contributed by atoms with Gasteiger partial charge in [-0.05, 0) is 51.5 Å². The van der Waals surface area contributed by atoms with Crippen LogP contribution in [-0.4, -0.2) is 24.8 Å². The Morgan fingerprint density at radius 3 is 2.37 bits per heavy atom. The molecule has 0 aromatic carbocycles. The Morgan fingerprint density at radius 2 is 1.89 bits per heavy atom. The molecular weight excluding hydrogens is 240 g/mol. The first kappa shape index (κ1) is 16.3. The van der Waals surface area contributed by atoms with E-state index in [0.29, 0.717) is 19.0 Å². The van der Waals surface area contributed by atoms with Gasteiger partial charge in [-0.15, -0.1) is 0 Å². The second-order valence-electron chi connectivity index (χ2n) is 7.03. The zero-order chi connectivity index (χ0) is 14.5. The average molecular weight is 270 g/mol. The van der Waals surface area contributed by atoms with Crippen LogP contribution in [-0.2, 0) is 4.74 Å². The van der Waals surface area contributed by atoms with E-state index in [-0.39, 0.29) is 11.5 Å². The van der Waals surface area contributed by atoms with Gasteiger partial charge in [-0.1, -0.05) is 26.2 Å². The maximum absolute atomic E-state index is 11.7. The van der Waals surface area contributed by atoms with E-state index in [1.165, 1.54) is 32.1 Å². The monoisotopic (exact) mass is 270 g/mol. The van der Waals surface area contributed by atoms with Gasteiger partial charge in [-0.3, -0.25) is 0 Å². The summed E-state index contributed by atoms with van der Waals surface area (Å²) in [7, 11) is 0. The summed E-state index contributed by atoms with van der Waals surface area (Å²) in [5.41, 5.74) is 5.73. The predicted octanol–water partition coefficient (Wildman–Crippen LogP) is 3.06. The van der Waals surface area contributed by atoms with Crippen molar-refractivity contribution in [2.24, 2.45) is 17.1 Å². The van der Waals surface area contributed by atoms with Gasteiger partial charge in [-0.2, -0.15) is 0 Å². The fourth-order valence-corrected chi connectivity index (χ4v) is 2.90. The van der Waals surface area contributed by atoms with Crippen molar-refractivity contribution in [3.05, 3.63) is 0 Å². The summed E-state index contributed by atoms with van der Waals surface area (Å²) in [6.45, 7) is 9.15. The van der Waals surface area contributed by atoms with Crippen LogP contribution in [0.5, 0.6) is 0 Å². The summed E-state index contributed by atoms with van der Waals surface area (Å²) in [4.78, 5) is 11.7. The van der Waals surface area contributed by atoms with Gasteiger partial charge in [-0.25, -0.2) is 4.79 Å². The number of hydrogen-bond acceptors (Lipinski definition) is 3. The van der Waals surface area contributed by atoms with E-state index in [1.54, 1.807) is 0 Å². The smallest absolute Gasteiger partial charge is 0.407 e. The number of nitrogens with two attached hydrogens (primary N) is 1. The Kier molecular flexibility index (Phi) is 5.65. The van der Waals surface area contributed by atoms with Crippen molar-refractivity contribution in [1.29, 1.82) is 0 Å². The maximum atomic E-state index is 11.7. The molecule has 1 aliphatic rings. The van der Waals surface area contributed by atoms with Gasteiger partial charge in [0.15, 0.2) is 0 Å². The number of amides is 1. The van der Waals surface area contributed by atoms with Gasteiger partial charge in [0.25, 0.3) is 0 Å². The van der Waals surface area contributed by atoms with Crippen molar-refractivity contribution in [3.63, 3.8) is 0 Å². The Hall–Kier alpha value is -0.770. The minimum Gasteiger partial charge on any atom is -0.444 e. The molecule has 1 fully saturated rings. The third kappa shape index (κ3) is 5.39. The fourth-order valence-electron chi connectivity index (χ4n) is 2.90. The predicted molar refractivity (Wildman–Crippen MR) is 78.0 cm³/mol. The Balaban J connectivity index is 2.46. The molecule has 0 heterocycles. The van der Waals surface area contributed by atoms with Crippen LogP contribution in [0.1, 0.15) is 59.8 Å². The van der Waals surface area contributed by atoms with E-state index < -0.39 is 5.60 Å². The third-order valence-corrected chi connectivity index (χ3v) is 4.16. The Bertz CT molecular complexity index is 291. The number of nitrogens with one attached hydrogen (secondary N) is 1. The molecule has 0 bridgehead atoms. The summed E-state index contributed by atoms with van der Waals surface area (Å²) in [6.07, 6.45) is 5.96. The minimum absolute atomic E-state index is 0.266. The van der Waals surface area contributed by atoms with E-state index in [0.717, 1.165) is 0 Å². The highest BCUT2D eigenvalue weighted by atomic mass is 16.6. The zero-order valence-corrected chi connectivity index (χ0v) is 12.9. The minimum atomic E-state index is -0.447. The maximum Gasteiger partial charge on any atom is 0.407 e. The van der Waals surface area contributed by atoms with Crippen LogP contribution in [0.4, 0.5) is 4.79 Å². The van der Waals surface area contributed by atoms with Crippen molar-refractivity contribution in [3.8, 4) is 0 Å². The molecule has 0 aromatic rings. The second kappa shape index (κ2) is 6.60. The molecule has 1 amide bonds. The van der Waals surface area contributed by atoms with Crippen molar-refractivity contribution in [2.75, 3.05) is 13.1 Å². The van der Waals surface area contributed by atoms with Crippen LogP contribution in [0.2, 0.25) is 0 Å². The summed E-state index contributed by atoms with van der Waals surface area (Å²) in [5.74, 6) is 0.334.